The van der Waals surface area contributed by atoms with Crippen LogP contribution in [0.3, 0.4) is 0 Å². The van der Waals surface area contributed by atoms with Crippen LogP contribution in [0, 0.1) is 0 Å². The zero-order valence-corrected chi connectivity index (χ0v) is 14.0. The molecule has 0 amide bonds. The molecule has 5 heteroatoms. The second-order valence-corrected chi connectivity index (χ2v) is 4.98. The third kappa shape index (κ3) is 4.29. The summed E-state index contributed by atoms with van der Waals surface area (Å²) >= 11 is 0. The van der Waals surface area contributed by atoms with E-state index < -0.39 is 0 Å². The van der Waals surface area contributed by atoms with Gasteiger partial charge in [-0.2, -0.15) is 0 Å². The lowest BCUT2D eigenvalue weighted by Crippen LogP contribution is -2.13. The molecule has 0 fully saturated rings. The van der Waals surface area contributed by atoms with Crippen LogP contribution in [0.2, 0.25) is 0 Å². The molecule has 124 valence electrons. The topological polar surface area (TPSA) is 49.0 Å². The Morgan fingerprint density at radius 3 is 1.35 bits per heavy atom. The van der Waals surface area contributed by atoms with Crippen LogP contribution in [-0.4, -0.2) is 28.4 Å². The van der Waals surface area contributed by atoms with Crippen molar-refractivity contribution >= 4 is 0 Å². The molecule has 0 atom stereocenters. The lowest BCUT2D eigenvalue weighted by molar-refractivity contribution is 0.354. The third-order valence-corrected chi connectivity index (χ3v) is 3.55. The Kier molecular flexibility index (Phi) is 6.11. The molecule has 0 saturated carbocycles. The molecular formula is C18H23NO4. The van der Waals surface area contributed by atoms with Gasteiger partial charge in [0.05, 0.1) is 28.4 Å². The maximum atomic E-state index is 5.31. The average Bonchev–Trinajstić information content (AvgIpc) is 2.61. The van der Waals surface area contributed by atoms with Crippen LogP contribution in [0.15, 0.2) is 36.4 Å². The molecular weight excluding hydrogens is 294 g/mol. The molecule has 0 bridgehead atoms. The molecule has 0 unspecified atom stereocenters. The van der Waals surface area contributed by atoms with Crippen molar-refractivity contribution in [2.45, 2.75) is 13.1 Å². The quantitative estimate of drug-likeness (QED) is 0.811. The Bertz CT molecular complexity index is 587. The maximum Gasteiger partial charge on any atom is 0.161 e. The van der Waals surface area contributed by atoms with E-state index in [1.54, 1.807) is 28.4 Å². The lowest BCUT2D eigenvalue weighted by atomic mass is 10.1. The normalized spacial score (nSPS) is 10.3. The molecule has 1 N–H and O–H groups in total. The fourth-order valence-electron chi connectivity index (χ4n) is 2.33. The number of ether oxygens (including phenoxy) is 4. The highest BCUT2D eigenvalue weighted by Gasteiger charge is 2.06. The number of nitrogens with one attached hydrogen (secondary N) is 1. The predicted molar refractivity (Wildman–Crippen MR) is 89.6 cm³/mol. The highest BCUT2D eigenvalue weighted by molar-refractivity contribution is 5.44. The van der Waals surface area contributed by atoms with Gasteiger partial charge in [-0.1, -0.05) is 12.1 Å². The van der Waals surface area contributed by atoms with Crippen LogP contribution in [0.25, 0.3) is 0 Å². The summed E-state index contributed by atoms with van der Waals surface area (Å²) in [6.45, 7) is 1.46. The largest absolute Gasteiger partial charge is 0.493 e. The number of hydrogen-bond donors (Lipinski definition) is 1. The van der Waals surface area contributed by atoms with Crippen LogP contribution in [0.4, 0.5) is 0 Å². The standard InChI is InChI=1S/C18H23NO4/c1-20-15-7-5-13(9-17(15)22-3)11-19-12-14-6-8-16(21-2)18(10-14)23-4/h5-10,19H,11-12H2,1-4H3. The first-order valence-electron chi connectivity index (χ1n) is 7.34. The molecule has 0 aliphatic heterocycles. The van der Waals surface area contributed by atoms with Gasteiger partial charge in [0.1, 0.15) is 0 Å². The monoisotopic (exact) mass is 317 g/mol. The van der Waals surface area contributed by atoms with Crippen LogP contribution >= 0.6 is 0 Å². The van der Waals surface area contributed by atoms with Gasteiger partial charge in [-0.3, -0.25) is 0 Å². The summed E-state index contributed by atoms with van der Waals surface area (Å²) in [5.41, 5.74) is 2.26. The molecule has 0 aliphatic carbocycles. The Hall–Kier alpha value is -2.40. The van der Waals surface area contributed by atoms with E-state index in [1.165, 1.54) is 0 Å². The smallest absolute Gasteiger partial charge is 0.161 e. The number of rotatable bonds is 8. The summed E-state index contributed by atoms with van der Waals surface area (Å²) in [4.78, 5) is 0. The summed E-state index contributed by atoms with van der Waals surface area (Å²) in [6.07, 6.45) is 0. The molecule has 2 aromatic rings. The molecule has 2 rings (SSSR count). The van der Waals surface area contributed by atoms with E-state index in [0.29, 0.717) is 0 Å². The van der Waals surface area contributed by atoms with Gasteiger partial charge in [-0.05, 0) is 35.4 Å². The SMILES string of the molecule is COc1ccc(CNCc2ccc(OC)c(OC)c2)cc1OC. The van der Waals surface area contributed by atoms with Crippen molar-refractivity contribution in [1.82, 2.24) is 5.32 Å². The maximum absolute atomic E-state index is 5.31. The molecule has 0 aromatic heterocycles. The van der Waals surface area contributed by atoms with E-state index in [-0.39, 0.29) is 0 Å². The van der Waals surface area contributed by atoms with Crippen molar-refractivity contribution in [2.75, 3.05) is 28.4 Å². The lowest BCUT2D eigenvalue weighted by Gasteiger charge is -2.12. The molecule has 2 aromatic carbocycles. The van der Waals surface area contributed by atoms with Crippen molar-refractivity contribution in [1.29, 1.82) is 0 Å². The first-order valence-corrected chi connectivity index (χ1v) is 7.34. The Morgan fingerprint density at radius 2 is 1.00 bits per heavy atom. The summed E-state index contributed by atoms with van der Waals surface area (Å²) in [5, 5.41) is 3.40. The van der Waals surface area contributed by atoms with Crippen molar-refractivity contribution in [3.05, 3.63) is 47.5 Å². The first-order chi connectivity index (χ1) is 11.2. The minimum absolute atomic E-state index is 0.731. The minimum atomic E-state index is 0.731. The van der Waals surface area contributed by atoms with Gasteiger partial charge in [0, 0.05) is 13.1 Å². The average molecular weight is 317 g/mol. The zero-order chi connectivity index (χ0) is 16.7. The first kappa shape index (κ1) is 17.0. The number of hydrogen-bond acceptors (Lipinski definition) is 5. The van der Waals surface area contributed by atoms with Gasteiger partial charge >= 0.3 is 0 Å². The Labute approximate surface area is 137 Å². The third-order valence-electron chi connectivity index (χ3n) is 3.55. The summed E-state index contributed by atoms with van der Waals surface area (Å²) in [5.74, 6) is 2.93. The van der Waals surface area contributed by atoms with Gasteiger partial charge in [0.25, 0.3) is 0 Å². The van der Waals surface area contributed by atoms with E-state index in [1.807, 2.05) is 36.4 Å². The van der Waals surface area contributed by atoms with Gasteiger partial charge in [-0.15, -0.1) is 0 Å². The highest BCUT2D eigenvalue weighted by atomic mass is 16.5. The second-order valence-electron chi connectivity index (χ2n) is 4.98. The molecule has 0 radical (unpaired) electrons. The van der Waals surface area contributed by atoms with Crippen molar-refractivity contribution in [3.63, 3.8) is 0 Å². The van der Waals surface area contributed by atoms with E-state index in [0.717, 1.165) is 47.2 Å². The van der Waals surface area contributed by atoms with E-state index in [9.17, 15) is 0 Å². The molecule has 0 aliphatic rings. The summed E-state index contributed by atoms with van der Waals surface area (Å²) in [7, 11) is 6.54. The molecule has 0 spiro atoms. The highest BCUT2D eigenvalue weighted by Crippen LogP contribution is 2.28. The van der Waals surface area contributed by atoms with Gasteiger partial charge in [-0.25, -0.2) is 0 Å². The molecule has 0 saturated heterocycles. The van der Waals surface area contributed by atoms with Crippen molar-refractivity contribution in [2.24, 2.45) is 0 Å². The van der Waals surface area contributed by atoms with Crippen LogP contribution in [0.1, 0.15) is 11.1 Å². The molecule has 5 nitrogen and oxygen atoms in total. The minimum Gasteiger partial charge on any atom is -0.493 e. The number of methoxy groups -OCH3 is 4. The second kappa shape index (κ2) is 8.29. The van der Waals surface area contributed by atoms with E-state index in [4.69, 9.17) is 18.9 Å². The van der Waals surface area contributed by atoms with Crippen LogP contribution in [-0.2, 0) is 13.1 Å². The molecule has 0 heterocycles. The van der Waals surface area contributed by atoms with Gasteiger partial charge in [0.15, 0.2) is 23.0 Å². The summed E-state index contributed by atoms with van der Waals surface area (Å²) < 4.78 is 21.1. The van der Waals surface area contributed by atoms with E-state index in [2.05, 4.69) is 5.32 Å². The van der Waals surface area contributed by atoms with Gasteiger partial charge in [0.2, 0.25) is 0 Å². The van der Waals surface area contributed by atoms with Crippen LogP contribution in [0.5, 0.6) is 23.0 Å². The predicted octanol–water partition coefficient (Wildman–Crippen LogP) is 3.01. The van der Waals surface area contributed by atoms with Crippen molar-refractivity contribution < 1.29 is 18.9 Å². The Balaban J connectivity index is 1.97. The van der Waals surface area contributed by atoms with E-state index >= 15 is 0 Å². The fourth-order valence-corrected chi connectivity index (χ4v) is 2.33. The molecule has 23 heavy (non-hydrogen) atoms. The number of benzene rings is 2. The van der Waals surface area contributed by atoms with Gasteiger partial charge < -0.3 is 24.3 Å². The summed E-state index contributed by atoms with van der Waals surface area (Å²) in [6, 6.07) is 11.8. The fraction of sp³-hybridized carbons (Fsp3) is 0.333. The zero-order valence-electron chi connectivity index (χ0n) is 14.0. The van der Waals surface area contributed by atoms with Crippen molar-refractivity contribution in [3.8, 4) is 23.0 Å². The van der Waals surface area contributed by atoms with Crippen LogP contribution < -0.4 is 24.3 Å². The Morgan fingerprint density at radius 1 is 0.609 bits per heavy atom.